The van der Waals surface area contributed by atoms with E-state index in [1.807, 2.05) is 69.4 Å². The van der Waals surface area contributed by atoms with E-state index in [9.17, 15) is 4.79 Å². The van der Waals surface area contributed by atoms with Gasteiger partial charge in [0.1, 0.15) is 5.82 Å². The lowest BCUT2D eigenvalue weighted by Crippen LogP contribution is -2.47. The van der Waals surface area contributed by atoms with E-state index in [4.69, 9.17) is 0 Å². The number of pyridine rings is 1. The number of carbonyl (C=O) groups excluding carboxylic acids is 1. The smallest absolute Gasteiger partial charge is 0.241 e. The lowest BCUT2D eigenvalue weighted by atomic mass is 9.85. The van der Waals surface area contributed by atoms with Gasteiger partial charge in [-0.3, -0.25) is 9.79 Å². The number of aromatic nitrogens is 1. The quantitative estimate of drug-likeness (QED) is 0.182. The minimum Gasteiger partial charge on any atom is -0.388 e. The van der Waals surface area contributed by atoms with E-state index in [-0.39, 0.29) is 11.3 Å². The Bertz CT molecular complexity index is 1120. The van der Waals surface area contributed by atoms with Crippen LogP contribution in [0.2, 0.25) is 0 Å². The molecule has 1 aromatic rings. The summed E-state index contributed by atoms with van der Waals surface area (Å²) >= 11 is 0. The molecule has 0 aromatic carbocycles. The van der Waals surface area contributed by atoms with Crippen LogP contribution in [0.3, 0.4) is 0 Å². The maximum atomic E-state index is 12.1. The number of guanidine groups is 1. The third-order valence-electron chi connectivity index (χ3n) is 6.83. The van der Waals surface area contributed by atoms with Crippen LogP contribution in [0.25, 0.3) is 0 Å². The molecule has 0 unspecified atom stereocenters. The Morgan fingerprint density at radius 1 is 1.24 bits per heavy atom. The van der Waals surface area contributed by atoms with Crippen molar-refractivity contribution in [2.24, 2.45) is 10.4 Å². The number of allylic oxidation sites excluding steroid dienone is 3. The summed E-state index contributed by atoms with van der Waals surface area (Å²) in [4.78, 5) is 24.9. The van der Waals surface area contributed by atoms with Gasteiger partial charge in [-0.15, -0.1) is 0 Å². The molecule has 4 N–H and O–H groups in total. The third-order valence-corrected chi connectivity index (χ3v) is 6.83. The first-order valence-corrected chi connectivity index (χ1v) is 13.9. The Balaban J connectivity index is 0.00000268. The van der Waals surface area contributed by atoms with Crippen molar-refractivity contribution in [2.75, 3.05) is 66.9 Å². The largest absolute Gasteiger partial charge is 0.388 e. The highest BCUT2D eigenvalue weighted by Gasteiger charge is 2.23. The van der Waals surface area contributed by atoms with Crippen LogP contribution in [0.4, 0.5) is 5.82 Å². The van der Waals surface area contributed by atoms with E-state index >= 15 is 0 Å². The number of methoxy groups -OCH3 is 1. The van der Waals surface area contributed by atoms with Crippen molar-refractivity contribution in [1.29, 1.82) is 0 Å². The van der Waals surface area contributed by atoms with Gasteiger partial charge in [-0.05, 0) is 57.2 Å². The molecule has 1 fully saturated rings. The number of likely N-dealkylation sites (N-methyl/N-ethyl adjacent to an activating group) is 1. The van der Waals surface area contributed by atoms with Crippen molar-refractivity contribution in [2.45, 2.75) is 41.2 Å². The predicted molar refractivity (Wildman–Crippen MR) is 171 cm³/mol. The molecule has 0 atom stereocenters. The molecule has 228 valence electrons. The Hall–Kier alpha value is -3.63. The summed E-state index contributed by atoms with van der Waals surface area (Å²) < 4.78 is 4.25. The Kier molecular flexibility index (Phi) is 15.5. The first-order chi connectivity index (χ1) is 19.4. The van der Waals surface area contributed by atoms with Gasteiger partial charge in [-0.25, -0.2) is 4.98 Å². The molecule has 10 nitrogen and oxygen atoms in total. The fraction of sp³-hybridized carbons (Fsp3) is 0.516. The topological polar surface area (TPSA) is 106 Å². The second-order valence-electron chi connectivity index (χ2n) is 10.6. The van der Waals surface area contributed by atoms with Crippen molar-refractivity contribution in [3.05, 3.63) is 71.4 Å². The van der Waals surface area contributed by atoms with E-state index in [2.05, 4.69) is 63.3 Å². The molecule has 1 saturated heterocycles. The number of rotatable bonds is 11. The summed E-state index contributed by atoms with van der Waals surface area (Å²) in [5, 5.41) is 13.3. The Labute approximate surface area is 247 Å². The van der Waals surface area contributed by atoms with Crippen molar-refractivity contribution in [3.63, 3.8) is 0 Å². The average Bonchev–Trinajstić information content (AvgIpc) is 2.95. The van der Waals surface area contributed by atoms with Gasteiger partial charge < -0.3 is 35.8 Å². The second-order valence-corrected chi connectivity index (χ2v) is 10.6. The molecule has 0 aliphatic carbocycles. The van der Waals surface area contributed by atoms with Crippen LogP contribution in [0.1, 0.15) is 40.3 Å². The number of amides is 1. The number of nitrogens with one attached hydrogen (secondary N) is 4. The predicted octanol–water partition coefficient (Wildman–Crippen LogP) is 3.71. The average molecular weight is 569 g/mol. The van der Waals surface area contributed by atoms with Crippen LogP contribution in [0.5, 0.6) is 0 Å². The molecule has 1 aliphatic heterocycles. The number of nitrogens with zero attached hydrogens (tertiary/aromatic N) is 4. The third kappa shape index (κ3) is 12.2. The summed E-state index contributed by atoms with van der Waals surface area (Å²) in [6, 6.07) is 6.02. The zero-order chi connectivity index (χ0) is 31.0. The van der Waals surface area contributed by atoms with Crippen LogP contribution in [0, 0.1) is 5.41 Å². The normalized spacial score (nSPS) is 15.3. The van der Waals surface area contributed by atoms with Gasteiger partial charge in [-0.2, -0.15) is 0 Å². The molecule has 0 radical (unpaired) electrons. The molecule has 2 rings (SSSR count). The lowest BCUT2D eigenvalue weighted by Gasteiger charge is -2.35. The van der Waals surface area contributed by atoms with Gasteiger partial charge in [0.05, 0.1) is 12.2 Å². The number of carbonyl (C=O) groups is 1. The number of aliphatic imine (C=N–C) groups is 1. The molecule has 1 aliphatic rings. The maximum Gasteiger partial charge on any atom is 0.241 e. The van der Waals surface area contributed by atoms with Crippen LogP contribution in [-0.4, -0.2) is 88.2 Å². The highest BCUT2D eigenvalue weighted by atomic mass is 16.4. The van der Waals surface area contributed by atoms with E-state index in [1.54, 1.807) is 26.2 Å². The van der Waals surface area contributed by atoms with Crippen molar-refractivity contribution >= 4 is 17.7 Å². The highest BCUT2D eigenvalue weighted by molar-refractivity contribution is 5.83. The molecule has 0 spiro atoms. The SMILES string of the molecule is C=C(/C(C)=C\C(=C/C)NC(=NC)N/C=C(\C)C(C)(C)CNc1cccc(CNC)n1)N1CCN(C)C(=O)C1.COC. The van der Waals surface area contributed by atoms with Gasteiger partial charge in [0.15, 0.2) is 5.96 Å². The van der Waals surface area contributed by atoms with Gasteiger partial charge >= 0.3 is 0 Å². The number of ether oxygens (including phenoxy) is 1. The van der Waals surface area contributed by atoms with E-state index in [0.717, 1.165) is 48.1 Å². The number of anilines is 1. The number of piperazine rings is 1. The molecule has 0 bridgehead atoms. The standard InChI is InChI=1S/C29H46N8O.C2H6O/c1-10-24(16-21(2)23(4)37-15-14-36(9)27(38)19-37)35-28(31-8)32-17-22(3)29(5,6)20-33-26-13-11-12-25(34-26)18-30-7;1-3-2/h10-13,16-17,30H,4,14-15,18-20H2,1-3,5-9H3,(H,33,34)(H2,31,32,35);1-2H3/b21-16-,22-17+,24-10+;. The van der Waals surface area contributed by atoms with Crippen molar-refractivity contribution < 1.29 is 9.53 Å². The van der Waals surface area contributed by atoms with Gasteiger partial charge in [0.25, 0.3) is 0 Å². The molecule has 0 saturated carbocycles. The molecule has 1 amide bonds. The zero-order valence-electron chi connectivity index (χ0n) is 26.8. The van der Waals surface area contributed by atoms with Gasteiger partial charge in [0.2, 0.25) is 5.91 Å². The van der Waals surface area contributed by atoms with Crippen LogP contribution >= 0.6 is 0 Å². The molecule has 41 heavy (non-hydrogen) atoms. The maximum absolute atomic E-state index is 12.1. The van der Waals surface area contributed by atoms with Crippen LogP contribution in [0.15, 0.2) is 70.7 Å². The molecule has 2 heterocycles. The zero-order valence-corrected chi connectivity index (χ0v) is 26.8. The first kappa shape index (κ1) is 35.4. The lowest BCUT2D eigenvalue weighted by molar-refractivity contribution is -0.133. The van der Waals surface area contributed by atoms with Crippen molar-refractivity contribution in [3.8, 4) is 0 Å². The molecular weight excluding hydrogens is 516 g/mol. The second kappa shape index (κ2) is 17.9. The number of hydrogen-bond acceptors (Lipinski definition) is 7. The minimum atomic E-state index is -0.121. The van der Waals surface area contributed by atoms with E-state index < -0.39 is 0 Å². The molecular formula is C31H52N8O2. The summed E-state index contributed by atoms with van der Waals surface area (Å²) in [5.74, 6) is 1.61. The summed E-state index contributed by atoms with van der Waals surface area (Å²) in [7, 11) is 8.74. The number of hydrogen-bond donors (Lipinski definition) is 4. The van der Waals surface area contributed by atoms with E-state index in [1.165, 1.54) is 5.57 Å². The van der Waals surface area contributed by atoms with Gasteiger partial charge in [0, 0.05) is 77.5 Å². The summed E-state index contributed by atoms with van der Waals surface area (Å²) in [5.41, 5.74) is 4.78. The Morgan fingerprint density at radius 2 is 1.93 bits per heavy atom. The van der Waals surface area contributed by atoms with Crippen LogP contribution < -0.4 is 21.3 Å². The van der Waals surface area contributed by atoms with E-state index in [0.29, 0.717) is 19.0 Å². The monoisotopic (exact) mass is 568 g/mol. The van der Waals surface area contributed by atoms with Crippen LogP contribution in [-0.2, 0) is 16.1 Å². The van der Waals surface area contributed by atoms with Crippen molar-refractivity contribution in [1.82, 2.24) is 30.7 Å². The highest BCUT2D eigenvalue weighted by Crippen LogP contribution is 2.25. The van der Waals surface area contributed by atoms with Gasteiger partial charge in [-0.1, -0.05) is 32.6 Å². The minimum absolute atomic E-state index is 0.109. The molecule has 10 heteroatoms. The fourth-order valence-corrected chi connectivity index (χ4v) is 3.72. The summed E-state index contributed by atoms with van der Waals surface area (Å²) in [6.45, 7) is 18.0. The fourth-order valence-electron chi connectivity index (χ4n) is 3.72. The molecule has 1 aromatic heterocycles. The summed E-state index contributed by atoms with van der Waals surface area (Å²) in [6.07, 6.45) is 6.00. The Morgan fingerprint density at radius 3 is 2.51 bits per heavy atom. The first-order valence-electron chi connectivity index (χ1n) is 13.9.